The van der Waals surface area contributed by atoms with E-state index in [-0.39, 0.29) is 40.8 Å². The largest absolute Gasteiger partial charge is 0.357 e. The number of allylic oxidation sites excluding steroid dienone is 4. The molecule has 3 unspecified atom stereocenters. The van der Waals surface area contributed by atoms with Crippen molar-refractivity contribution in [2.45, 2.75) is 36.7 Å². The Kier molecular flexibility index (Phi) is 6.75. The first kappa shape index (κ1) is 23.0. The van der Waals surface area contributed by atoms with Gasteiger partial charge in [0.2, 0.25) is 5.91 Å². The number of aromatic nitrogens is 1. The second-order valence-corrected chi connectivity index (χ2v) is 10.5. The van der Waals surface area contributed by atoms with Crippen molar-refractivity contribution < 1.29 is 14.4 Å². The normalized spacial score (nSPS) is 27.4. The van der Waals surface area contributed by atoms with Gasteiger partial charge in [0.1, 0.15) is 16.7 Å². The number of carbonyl (C=O) groups excluding carboxylic acids is 3. The van der Waals surface area contributed by atoms with Crippen LogP contribution in [-0.4, -0.2) is 58.5 Å². The number of carbonyl (C=O) groups is 3. The highest BCUT2D eigenvalue weighted by Gasteiger charge is 2.40. The van der Waals surface area contributed by atoms with Gasteiger partial charge in [-0.1, -0.05) is 29.8 Å². The summed E-state index contributed by atoms with van der Waals surface area (Å²) < 4.78 is 0. The SMILES string of the molecule is CNC(=O)C(C)NC(=O)c1csc([C@@H]2C[C@@H](N)CN2C(=O)C2=CC3C=C(Cl)C=CC3S2)n1. The molecule has 170 valence electrons. The Bertz CT molecular complexity index is 1040. The number of rotatable bonds is 5. The Morgan fingerprint density at radius 3 is 2.88 bits per heavy atom. The molecule has 1 aromatic rings. The number of thiazole rings is 1. The molecule has 4 rings (SSSR count). The number of thioether (sulfide) groups is 1. The first-order chi connectivity index (χ1) is 15.3. The lowest BCUT2D eigenvalue weighted by atomic mass is 10.00. The zero-order chi connectivity index (χ0) is 23.0. The summed E-state index contributed by atoms with van der Waals surface area (Å²) >= 11 is 8.95. The molecular weight excluding hydrogens is 470 g/mol. The molecule has 0 saturated carbocycles. The molecule has 0 bridgehead atoms. The second kappa shape index (κ2) is 9.38. The summed E-state index contributed by atoms with van der Waals surface area (Å²) in [4.78, 5) is 44.4. The molecule has 0 aromatic carbocycles. The highest BCUT2D eigenvalue weighted by Crippen LogP contribution is 2.44. The highest BCUT2D eigenvalue weighted by molar-refractivity contribution is 8.05. The van der Waals surface area contributed by atoms with Gasteiger partial charge in [-0.25, -0.2) is 4.98 Å². The Labute approximate surface area is 199 Å². The number of nitrogens with one attached hydrogen (secondary N) is 2. The third-order valence-electron chi connectivity index (χ3n) is 5.62. The van der Waals surface area contributed by atoms with Crippen molar-refractivity contribution in [1.82, 2.24) is 20.5 Å². The number of nitrogens with zero attached hydrogens (tertiary/aromatic N) is 2. The van der Waals surface area contributed by atoms with Gasteiger partial charge in [0, 0.05) is 41.2 Å². The Hall–Kier alpha value is -2.14. The third kappa shape index (κ3) is 4.63. The van der Waals surface area contributed by atoms with Crippen LogP contribution in [-0.2, 0) is 9.59 Å². The van der Waals surface area contributed by atoms with Crippen LogP contribution < -0.4 is 16.4 Å². The standard InChI is InChI=1S/C21H24ClN5O3S2/c1-10(18(28)24-2)25-19(29)14-9-31-20(26-14)15-7-13(23)8-27(15)21(30)17-6-11-5-12(22)3-4-16(11)32-17/h3-6,9-11,13,15-16H,7-8,23H2,1-2H3,(H,24,28)(H,25,29)/t10?,11?,13-,15+,16?/m1/s1. The predicted molar refractivity (Wildman–Crippen MR) is 126 cm³/mol. The molecule has 3 aliphatic rings. The number of nitrogens with two attached hydrogens (primary N) is 1. The van der Waals surface area contributed by atoms with Crippen molar-refractivity contribution >= 4 is 52.4 Å². The van der Waals surface area contributed by atoms with Crippen molar-refractivity contribution in [3.63, 3.8) is 0 Å². The predicted octanol–water partition coefficient (Wildman–Crippen LogP) is 1.92. The van der Waals surface area contributed by atoms with E-state index in [2.05, 4.69) is 15.6 Å². The summed E-state index contributed by atoms with van der Waals surface area (Å²) in [5, 5.41) is 8.26. The quantitative estimate of drug-likeness (QED) is 0.576. The molecule has 1 fully saturated rings. The molecule has 0 radical (unpaired) electrons. The molecular formula is C21H24ClN5O3S2. The molecule has 1 aliphatic carbocycles. The van der Waals surface area contributed by atoms with E-state index in [0.717, 1.165) is 0 Å². The summed E-state index contributed by atoms with van der Waals surface area (Å²) in [6, 6.07) is -1.14. The summed E-state index contributed by atoms with van der Waals surface area (Å²) in [6.45, 7) is 2.03. The summed E-state index contributed by atoms with van der Waals surface area (Å²) in [5.41, 5.74) is 6.42. The number of hydrogen-bond acceptors (Lipinski definition) is 7. The topological polar surface area (TPSA) is 117 Å². The lowest BCUT2D eigenvalue weighted by molar-refractivity contribution is -0.127. The molecule has 1 aromatic heterocycles. The number of likely N-dealkylation sites (N-methyl/N-ethyl adjacent to an activating group) is 1. The Balaban J connectivity index is 1.48. The molecule has 2 aliphatic heterocycles. The van der Waals surface area contributed by atoms with Crippen LogP contribution in [0, 0.1) is 5.92 Å². The average Bonchev–Trinajstić information content (AvgIpc) is 3.49. The van der Waals surface area contributed by atoms with E-state index in [1.807, 2.05) is 24.3 Å². The maximum absolute atomic E-state index is 13.4. The summed E-state index contributed by atoms with van der Waals surface area (Å²) in [7, 11) is 1.51. The van der Waals surface area contributed by atoms with Crippen molar-refractivity contribution in [2.75, 3.05) is 13.6 Å². The molecule has 11 heteroatoms. The lowest BCUT2D eigenvalue weighted by Crippen LogP contribution is -2.43. The van der Waals surface area contributed by atoms with Crippen LogP contribution in [0.1, 0.15) is 34.9 Å². The molecule has 0 spiro atoms. The number of hydrogen-bond donors (Lipinski definition) is 3. The number of halogens is 1. The van der Waals surface area contributed by atoms with Gasteiger partial charge in [0.25, 0.3) is 11.8 Å². The summed E-state index contributed by atoms with van der Waals surface area (Å²) in [5.74, 6) is -0.697. The zero-order valence-corrected chi connectivity index (χ0v) is 20.0. The molecule has 3 amide bonds. The monoisotopic (exact) mass is 493 g/mol. The molecule has 5 atom stereocenters. The average molecular weight is 494 g/mol. The van der Waals surface area contributed by atoms with E-state index < -0.39 is 11.9 Å². The van der Waals surface area contributed by atoms with Gasteiger partial charge < -0.3 is 21.3 Å². The van der Waals surface area contributed by atoms with Crippen LogP contribution in [0.2, 0.25) is 0 Å². The van der Waals surface area contributed by atoms with Gasteiger partial charge in [-0.05, 0) is 19.4 Å². The van der Waals surface area contributed by atoms with E-state index in [0.29, 0.717) is 27.9 Å². The van der Waals surface area contributed by atoms with Crippen LogP contribution in [0.3, 0.4) is 0 Å². The van der Waals surface area contributed by atoms with Gasteiger partial charge >= 0.3 is 0 Å². The smallest absolute Gasteiger partial charge is 0.271 e. The number of fused-ring (bicyclic) bond motifs is 1. The van der Waals surface area contributed by atoms with E-state index in [4.69, 9.17) is 17.3 Å². The Morgan fingerprint density at radius 1 is 1.34 bits per heavy atom. The van der Waals surface area contributed by atoms with Crippen LogP contribution in [0.4, 0.5) is 0 Å². The molecule has 3 heterocycles. The highest BCUT2D eigenvalue weighted by atomic mass is 35.5. The molecule has 1 saturated heterocycles. The van der Waals surface area contributed by atoms with Crippen LogP contribution in [0.15, 0.2) is 39.6 Å². The minimum atomic E-state index is -0.679. The van der Waals surface area contributed by atoms with Gasteiger partial charge in [-0.2, -0.15) is 0 Å². The van der Waals surface area contributed by atoms with Crippen molar-refractivity contribution in [1.29, 1.82) is 0 Å². The first-order valence-electron chi connectivity index (χ1n) is 10.2. The zero-order valence-electron chi connectivity index (χ0n) is 17.6. The fourth-order valence-electron chi connectivity index (χ4n) is 3.96. The van der Waals surface area contributed by atoms with E-state index in [1.54, 1.807) is 17.2 Å². The van der Waals surface area contributed by atoms with Gasteiger partial charge in [0.15, 0.2) is 0 Å². The van der Waals surface area contributed by atoms with Crippen molar-refractivity contribution in [3.8, 4) is 0 Å². The van der Waals surface area contributed by atoms with Crippen LogP contribution in [0.25, 0.3) is 0 Å². The fraction of sp³-hybridized carbons (Fsp3) is 0.429. The third-order valence-corrected chi connectivity index (χ3v) is 8.12. The molecule has 8 nitrogen and oxygen atoms in total. The molecule has 32 heavy (non-hydrogen) atoms. The van der Waals surface area contributed by atoms with Gasteiger partial charge in [0.05, 0.1) is 10.9 Å². The van der Waals surface area contributed by atoms with E-state index >= 15 is 0 Å². The van der Waals surface area contributed by atoms with Crippen molar-refractivity contribution in [3.05, 3.63) is 50.3 Å². The van der Waals surface area contributed by atoms with Gasteiger partial charge in [-0.3, -0.25) is 14.4 Å². The molecule has 4 N–H and O–H groups in total. The maximum atomic E-state index is 13.4. The van der Waals surface area contributed by atoms with Gasteiger partial charge in [-0.15, -0.1) is 23.1 Å². The minimum absolute atomic E-state index is 0.0743. The van der Waals surface area contributed by atoms with E-state index in [1.165, 1.54) is 30.1 Å². The van der Waals surface area contributed by atoms with Crippen LogP contribution in [0.5, 0.6) is 0 Å². The van der Waals surface area contributed by atoms with E-state index in [9.17, 15) is 14.4 Å². The van der Waals surface area contributed by atoms with Crippen LogP contribution >= 0.6 is 34.7 Å². The maximum Gasteiger partial charge on any atom is 0.271 e. The summed E-state index contributed by atoms with van der Waals surface area (Å²) in [6.07, 6.45) is 8.38. The fourth-order valence-corrected chi connectivity index (χ4v) is 6.32. The number of amides is 3. The second-order valence-electron chi connectivity index (χ2n) is 7.95. The minimum Gasteiger partial charge on any atom is -0.357 e. The lowest BCUT2D eigenvalue weighted by Gasteiger charge is -2.23. The Morgan fingerprint density at radius 2 is 2.12 bits per heavy atom. The number of likely N-dealkylation sites (tertiary alicyclic amines) is 1. The first-order valence-corrected chi connectivity index (χ1v) is 12.4. The van der Waals surface area contributed by atoms with Crippen molar-refractivity contribution in [2.24, 2.45) is 11.7 Å².